The van der Waals surface area contributed by atoms with Crippen molar-refractivity contribution in [3.8, 4) is 6.07 Å². The van der Waals surface area contributed by atoms with Gasteiger partial charge in [-0.25, -0.2) is 4.98 Å². The van der Waals surface area contributed by atoms with Crippen LogP contribution in [0.2, 0.25) is 0 Å². The molecule has 1 aromatic heterocycles. The number of likely N-dealkylation sites (tertiary alicyclic amines) is 1. The lowest BCUT2D eigenvalue weighted by molar-refractivity contribution is -0.130. The van der Waals surface area contributed by atoms with Gasteiger partial charge in [-0.1, -0.05) is 12.1 Å². The summed E-state index contributed by atoms with van der Waals surface area (Å²) >= 11 is 0. The van der Waals surface area contributed by atoms with E-state index < -0.39 is 5.41 Å². The first-order valence-corrected chi connectivity index (χ1v) is 15.0. The number of nitrogens with one attached hydrogen (secondary N) is 2. The SMILES string of the molecule is C[C@H](CC1(c2ncn[nH]2)c2ccc(C(=O)N(C)C)cc2CCc2cc(C(=O)N(C)C)ccc21)NCC(=O)N1CCCC1C#N. The molecule has 1 aliphatic carbocycles. The molecule has 1 unspecified atom stereocenters. The van der Waals surface area contributed by atoms with Gasteiger partial charge in [0.1, 0.15) is 18.2 Å². The highest BCUT2D eigenvalue weighted by atomic mass is 16.2. The highest BCUT2D eigenvalue weighted by Gasteiger charge is 2.45. The molecule has 1 fully saturated rings. The summed E-state index contributed by atoms with van der Waals surface area (Å²) in [6.07, 6.45) is 4.87. The van der Waals surface area contributed by atoms with Crippen LogP contribution in [0.25, 0.3) is 0 Å². The van der Waals surface area contributed by atoms with Crippen molar-refractivity contribution in [1.82, 2.24) is 35.2 Å². The molecule has 3 aromatic rings. The van der Waals surface area contributed by atoms with Crippen LogP contribution in [0.15, 0.2) is 42.7 Å². The first-order chi connectivity index (χ1) is 21.1. The van der Waals surface area contributed by atoms with Crippen LogP contribution in [-0.4, -0.2) is 101 Å². The van der Waals surface area contributed by atoms with Crippen molar-refractivity contribution in [3.05, 3.63) is 81.9 Å². The van der Waals surface area contributed by atoms with E-state index >= 15 is 0 Å². The average molecular weight is 597 g/mol. The smallest absolute Gasteiger partial charge is 0.253 e. The van der Waals surface area contributed by atoms with Crippen molar-refractivity contribution < 1.29 is 14.4 Å². The number of aromatic nitrogens is 3. The van der Waals surface area contributed by atoms with Gasteiger partial charge in [-0.3, -0.25) is 19.5 Å². The summed E-state index contributed by atoms with van der Waals surface area (Å²) in [6, 6.07) is 13.4. The normalized spacial score (nSPS) is 17.5. The minimum Gasteiger partial charge on any atom is -0.345 e. The minimum absolute atomic E-state index is 0.0789. The van der Waals surface area contributed by atoms with Crippen molar-refractivity contribution >= 4 is 17.7 Å². The highest BCUT2D eigenvalue weighted by molar-refractivity contribution is 5.95. The molecule has 0 spiro atoms. The first-order valence-electron chi connectivity index (χ1n) is 15.0. The number of benzene rings is 2. The van der Waals surface area contributed by atoms with E-state index in [0.717, 1.165) is 28.7 Å². The fourth-order valence-electron chi connectivity index (χ4n) is 6.71. The van der Waals surface area contributed by atoms with E-state index in [4.69, 9.17) is 4.98 Å². The van der Waals surface area contributed by atoms with Crippen LogP contribution in [0.3, 0.4) is 0 Å². The van der Waals surface area contributed by atoms with Gasteiger partial charge in [0.2, 0.25) is 5.91 Å². The van der Waals surface area contributed by atoms with E-state index in [9.17, 15) is 19.6 Å². The molecule has 11 heteroatoms. The van der Waals surface area contributed by atoms with Gasteiger partial charge >= 0.3 is 0 Å². The van der Waals surface area contributed by atoms with Crippen LogP contribution in [-0.2, 0) is 23.1 Å². The lowest BCUT2D eigenvalue weighted by atomic mass is 9.67. The molecule has 0 bridgehead atoms. The second kappa shape index (κ2) is 12.6. The topological polar surface area (TPSA) is 138 Å². The molecule has 0 radical (unpaired) electrons. The Morgan fingerprint density at radius 2 is 1.64 bits per heavy atom. The zero-order valence-corrected chi connectivity index (χ0v) is 26.1. The predicted molar refractivity (Wildman–Crippen MR) is 165 cm³/mol. The monoisotopic (exact) mass is 596 g/mol. The van der Waals surface area contributed by atoms with E-state index in [1.807, 2.05) is 43.3 Å². The summed E-state index contributed by atoms with van der Waals surface area (Å²) in [6.45, 7) is 2.74. The maximum absolute atomic E-state index is 13.1. The zero-order chi connectivity index (χ0) is 31.6. The molecule has 3 amide bonds. The second-order valence-corrected chi connectivity index (χ2v) is 12.2. The third kappa shape index (κ3) is 5.69. The molecular weight excluding hydrogens is 556 g/mol. The van der Waals surface area contributed by atoms with Crippen molar-refractivity contribution in [2.45, 2.75) is 56.5 Å². The lowest BCUT2D eigenvalue weighted by Gasteiger charge is -2.37. The number of amides is 3. The standard InChI is InChI=1S/C33H40N8O3/c1-21(35-19-29(42)41-14-6-7-26(41)18-34)17-33(32-36-20-37-38-32)27-12-10-24(30(43)39(2)3)15-22(27)8-9-23-16-25(11-13-28(23)33)31(44)40(4)5/h10-13,15-16,20-21,26,35H,6-9,14,17,19H2,1-5H3,(H,36,37,38)/t21-,26?/m1/s1. The zero-order valence-electron chi connectivity index (χ0n) is 26.1. The van der Waals surface area contributed by atoms with Gasteiger partial charge in [-0.15, -0.1) is 0 Å². The molecule has 2 atom stereocenters. The summed E-state index contributed by atoms with van der Waals surface area (Å²) < 4.78 is 0. The van der Waals surface area contributed by atoms with Crippen LogP contribution >= 0.6 is 0 Å². The maximum Gasteiger partial charge on any atom is 0.253 e. The number of carbonyl (C=O) groups is 3. The summed E-state index contributed by atoms with van der Waals surface area (Å²) in [5.41, 5.74) is 4.41. The fourth-order valence-corrected chi connectivity index (χ4v) is 6.71. The molecule has 5 rings (SSSR count). The highest BCUT2D eigenvalue weighted by Crippen LogP contribution is 2.47. The van der Waals surface area contributed by atoms with Crippen LogP contribution < -0.4 is 5.32 Å². The maximum atomic E-state index is 13.1. The van der Waals surface area contributed by atoms with E-state index in [1.54, 1.807) is 42.9 Å². The Morgan fingerprint density at radius 3 is 2.14 bits per heavy atom. The number of hydrogen-bond donors (Lipinski definition) is 2. The predicted octanol–water partition coefficient (Wildman–Crippen LogP) is 2.52. The van der Waals surface area contributed by atoms with Gasteiger partial charge in [0.05, 0.1) is 18.0 Å². The van der Waals surface area contributed by atoms with Gasteiger partial charge in [-0.05, 0) is 85.5 Å². The molecule has 44 heavy (non-hydrogen) atoms. The molecule has 230 valence electrons. The Labute approximate surface area is 258 Å². The third-order valence-corrected chi connectivity index (χ3v) is 8.86. The van der Waals surface area contributed by atoms with Gasteiger partial charge in [0, 0.05) is 51.9 Å². The van der Waals surface area contributed by atoms with E-state index in [0.29, 0.717) is 49.2 Å². The van der Waals surface area contributed by atoms with Crippen LogP contribution in [0.1, 0.15) is 75.0 Å². The third-order valence-electron chi connectivity index (χ3n) is 8.86. The number of aromatic amines is 1. The van der Waals surface area contributed by atoms with E-state index in [2.05, 4.69) is 21.6 Å². The van der Waals surface area contributed by atoms with Crippen LogP contribution in [0.5, 0.6) is 0 Å². The van der Waals surface area contributed by atoms with Gasteiger partial charge < -0.3 is 20.0 Å². The van der Waals surface area contributed by atoms with Crippen LogP contribution in [0.4, 0.5) is 0 Å². The number of aryl methyl sites for hydroxylation is 2. The largest absolute Gasteiger partial charge is 0.345 e. The van der Waals surface area contributed by atoms with Gasteiger partial charge in [0.25, 0.3) is 11.8 Å². The molecule has 2 heterocycles. The van der Waals surface area contributed by atoms with E-state index in [-0.39, 0.29) is 36.3 Å². The first kappa shape index (κ1) is 30.9. The van der Waals surface area contributed by atoms with Crippen molar-refractivity contribution in [2.24, 2.45) is 0 Å². The molecule has 2 aliphatic rings. The number of rotatable bonds is 8. The van der Waals surface area contributed by atoms with Crippen molar-refractivity contribution in [2.75, 3.05) is 41.3 Å². The number of nitriles is 1. The van der Waals surface area contributed by atoms with Gasteiger partial charge in [0.15, 0.2) is 0 Å². The van der Waals surface area contributed by atoms with Crippen LogP contribution in [0, 0.1) is 11.3 Å². The lowest BCUT2D eigenvalue weighted by Crippen LogP contribution is -2.45. The number of nitrogens with zero attached hydrogens (tertiary/aromatic N) is 6. The summed E-state index contributed by atoms with van der Waals surface area (Å²) in [5, 5.41) is 20.3. The Kier molecular flexibility index (Phi) is 8.83. The molecule has 1 aliphatic heterocycles. The molecule has 2 aromatic carbocycles. The number of fused-ring (bicyclic) bond motifs is 2. The molecule has 2 N–H and O–H groups in total. The minimum atomic E-state index is -0.824. The van der Waals surface area contributed by atoms with Crippen molar-refractivity contribution in [3.63, 3.8) is 0 Å². The number of H-pyrrole nitrogens is 1. The number of hydrogen-bond acceptors (Lipinski definition) is 7. The summed E-state index contributed by atoms with van der Waals surface area (Å²) in [7, 11) is 6.95. The Bertz CT molecular complexity index is 1520. The molecular formula is C33H40N8O3. The Balaban J connectivity index is 1.60. The quantitative estimate of drug-likeness (QED) is 0.408. The van der Waals surface area contributed by atoms with Gasteiger partial charge in [-0.2, -0.15) is 10.4 Å². The average Bonchev–Trinajstić information content (AvgIpc) is 3.71. The molecule has 0 saturated carbocycles. The van der Waals surface area contributed by atoms with E-state index in [1.165, 1.54) is 6.33 Å². The molecule has 11 nitrogen and oxygen atoms in total. The second-order valence-electron chi connectivity index (χ2n) is 12.2. The summed E-state index contributed by atoms with van der Waals surface area (Å²) in [4.78, 5) is 48.5. The fraction of sp³-hybridized carbons (Fsp3) is 0.455. The Hall–Kier alpha value is -4.56. The van der Waals surface area contributed by atoms with Crippen molar-refractivity contribution in [1.29, 1.82) is 5.26 Å². The molecule has 1 saturated heterocycles. The Morgan fingerprint density at radius 1 is 1.05 bits per heavy atom. The summed E-state index contributed by atoms with van der Waals surface area (Å²) in [5.74, 6) is 0.397. The number of carbonyl (C=O) groups excluding carboxylic acids is 3.